The molecule has 0 bridgehead atoms. The zero-order valence-electron chi connectivity index (χ0n) is 10.7. The highest BCUT2D eigenvalue weighted by molar-refractivity contribution is 5.66. The molecule has 5 heteroatoms. The van der Waals surface area contributed by atoms with Gasteiger partial charge >= 0.3 is 6.18 Å². The van der Waals surface area contributed by atoms with Crippen molar-refractivity contribution in [2.24, 2.45) is 0 Å². The van der Waals surface area contributed by atoms with Crippen LogP contribution in [0.2, 0.25) is 0 Å². The minimum Gasteiger partial charge on any atom is -0.398 e. The van der Waals surface area contributed by atoms with Gasteiger partial charge in [-0.05, 0) is 30.0 Å². The molecule has 1 aromatic rings. The van der Waals surface area contributed by atoms with E-state index in [2.05, 4.69) is 0 Å². The Kier molecular flexibility index (Phi) is 4.48. The molecule has 0 aromatic heterocycles. The van der Waals surface area contributed by atoms with Crippen LogP contribution in [-0.4, -0.2) is 0 Å². The average Bonchev–Trinajstić information content (AvgIpc) is 2.23. The second kappa shape index (κ2) is 5.50. The average molecular weight is 260 g/mol. The Hall–Kier alpha value is -1.39. The highest BCUT2D eigenvalue weighted by Gasteiger charge is 2.37. The fraction of sp³-hybridized carbons (Fsp3) is 0.538. The highest BCUT2D eigenvalue weighted by atomic mass is 19.4. The van der Waals surface area contributed by atoms with Gasteiger partial charge in [0.2, 0.25) is 0 Å². The molecule has 4 N–H and O–H groups in total. The summed E-state index contributed by atoms with van der Waals surface area (Å²) in [4.78, 5) is 0. The van der Waals surface area contributed by atoms with Crippen LogP contribution in [0, 0.1) is 0 Å². The molecule has 18 heavy (non-hydrogen) atoms. The minimum absolute atomic E-state index is 0.140. The maximum Gasteiger partial charge on any atom is 0.417 e. The smallest absolute Gasteiger partial charge is 0.398 e. The van der Waals surface area contributed by atoms with Crippen molar-refractivity contribution >= 4 is 11.4 Å². The van der Waals surface area contributed by atoms with Crippen LogP contribution in [0.1, 0.15) is 43.4 Å². The molecular weight excluding hydrogens is 241 g/mol. The van der Waals surface area contributed by atoms with E-state index in [0.29, 0.717) is 25.7 Å². The molecule has 0 atom stereocenters. The molecule has 1 rings (SSSR count). The second-order valence-electron chi connectivity index (χ2n) is 4.38. The van der Waals surface area contributed by atoms with Crippen molar-refractivity contribution in [2.45, 2.75) is 45.7 Å². The van der Waals surface area contributed by atoms with E-state index >= 15 is 0 Å². The summed E-state index contributed by atoms with van der Waals surface area (Å²) in [7, 11) is 0. The van der Waals surface area contributed by atoms with E-state index in [0.717, 1.165) is 0 Å². The molecule has 0 unspecified atom stereocenters. The monoisotopic (exact) mass is 260 g/mol. The van der Waals surface area contributed by atoms with E-state index in [9.17, 15) is 13.2 Å². The van der Waals surface area contributed by atoms with Gasteiger partial charge in [0.15, 0.2) is 0 Å². The second-order valence-corrected chi connectivity index (χ2v) is 4.38. The lowest BCUT2D eigenvalue weighted by Gasteiger charge is -2.21. The summed E-state index contributed by atoms with van der Waals surface area (Å²) in [5.74, 6) is 0. The molecule has 0 saturated carbocycles. The first-order valence-corrected chi connectivity index (χ1v) is 6.09. The standard InChI is InChI=1S/C13H19F3N2/c1-3-5-8-10(17)7-11(18)9(6-4-2)12(8)13(14,15)16/h7H,3-6,17-18H2,1-2H3. The van der Waals surface area contributed by atoms with Gasteiger partial charge in [0, 0.05) is 11.4 Å². The van der Waals surface area contributed by atoms with Crippen LogP contribution in [0.3, 0.4) is 0 Å². The van der Waals surface area contributed by atoms with Crippen LogP contribution in [0.5, 0.6) is 0 Å². The van der Waals surface area contributed by atoms with Gasteiger partial charge in [-0.3, -0.25) is 0 Å². The number of benzene rings is 1. The summed E-state index contributed by atoms with van der Waals surface area (Å²) >= 11 is 0. The van der Waals surface area contributed by atoms with E-state index in [4.69, 9.17) is 11.5 Å². The molecule has 0 radical (unpaired) electrons. The molecule has 0 aliphatic heterocycles. The number of hydrogen-bond donors (Lipinski definition) is 2. The molecule has 102 valence electrons. The predicted octanol–water partition coefficient (Wildman–Crippen LogP) is 3.77. The molecule has 0 saturated heterocycles. The van der Waals surface area contributed by atoms with Gasteiger partial charge in [-0.1, -0.05) is 26.7 Å². The Bertz CT molecular complexity index is 395. The van der Waals surface area contributed by atoms with Crippen molar-refractivity contribution < 1.29 is 13.2 Å². The summed E-state index contributed by atoms with van der Waals surface area (Å²) < 4.78 is 39.6. The van der Waals surface area contributed by atoms with E-state index in [1.165, 1.54) is 6.07 Å². The number of anilines is 2. The van der Waals surface area contributed by atoms with Crippen molar-refractivity contribution in [1.82, 2.24) is 0 Å². The lowest BCUT2D eigenvalue weighted by atomic mass is 9.92. The van der Waals surface area contributed by atoms with Crippen LogP contribution in [0.15, 0.2) is 6.07 Å². The van der Waals surface area contributed by atoms with E-state index in [1.54, 1.807) is 0 Å². The SMILES string of the molecule is CCCc1c(N)cc(N)c(CCC)c1C(F)(F)F. The Balaban J connectivity index is 3.54. The van der Waals surface area contributed by atoms with Crippen molar-refractivity contribution in [2.75, 3.05) is 11.5 Å². The number of hydrogen-bond acceptors (Lipinski definition) is 2. The quantitative estimate of drug-likeness (QED) is 0.809. The Morgan fingerprint density at radius 3 is 1.61 bits per heavy atom. The van der Waals surface area contributed by atoms with Crippen molar-refractivity contribution in [3.63, 3.8) is 0 Å². The summed E-state index contributed by atoms with van der Waals surface area (Å²) in [5.41, 5.74) is 11.4. The van der Waals surface area contributed by atoms with Gasteiger partial charge < -0.3 is 11.5 Å². The van der Waals surface area contributed by atoms with Crippen molar-refractivity contribution in [3.8, 4) is 0 Å². The van der Waals surface area contributed by atoms with Gasteiger partial charge in [-0.25, -0.2) is 0 Å². The fourth-order valence-electron chi connectivity index (χ4n) is 2.19. The molecule has 0 fully saturated rings. The number of halogens is 3. The third-order valence-electron chi connectivity index (χ3n) is 2.89. The molecular formula is C13H19F3N2. The van der Waals surface area contributed by atoms with Crippen LogP contribution >= 0.6 is 0 Å². The maximum atomic E-state index is 13.2. The lowest BCUT2D eigenvalue weighted by Crippen LogP contribution is -2.17. The molecule has 2 nitrogen and oxygen atoms in total. The molecule has 0 aliphatic carbocycles. The maximum absolute atomic E-state index is 13.2. The van der Waals surface area contributed by atoms with Crippen molar-refractivity contribution in [3.05, 3.63) is 22.8 Å². The molecule has 0 aliphatic rings. The van der Waals surface area contributed by atoms with Gasteiger partial charge in [0.25, 0.3) is 0 Å². The first-order chi connectivity index (χ1) is 8.32. The molecule has 0 amide bonds. The fourth-order valence-corrected chi connectivity index (χ4v) is 2.19. The summed E-state index contributed by atoms with van der Waals surface area (Å²) in [5, 5.41) is 0. The Morgan fingerprint density at radius 1 is 0.944 bits per heavy atom. The molecule has 0 spiro atoms. The van der Waals surface area contributed by atoms with Gasteiger partial charge in [0.05, 0.1) is 5.56 Å². The van der Waals surface area contributed by atoms with E-state index in [1.807, 2.05) is 13.8 Å². The number of alkyl halides is 3. The minimum atomic E-state index is -4.40. The van der Waals surface area contributed by atoms with Gasteiger partial charge in [0.1, 0.15) is 0 Å². The summed E-state index contributed by atoms with van der Waals surface area (Å²) in [6, 6.07) is 1.45. The third-order valence-corrected chi connectivity index (χ3v) is 2.89. The normalized spacial score (nSPS) is 11.8. The van der Waals surface area contributed by atoms with Crippen LogP contribution in [-0.2, 0) is 19.0 Å². The highest BCUT2D eigenvalue weighted by Crippen LogP contribution is 2.40. The molecule has 0 heterocycles. The first-order valence-electron chi connectivity index (χ1n) is 6.09. The van der Waals surface area contributed by atoms with Crippen molar-refractivity contribution in [1.29, 1.82) is 0 Å². The van der Waals surface area contributed by atoms with Gasteiger partial charge in [-0.2, -0.15) is 13.2 Å². The number of rotatable bonds is 4. The zero-order valence-corrected chi connectivity index (χ0v) is 10.7. The Morgan fingerprint density at radius 2 is 1.33 bits per heavy atom. The Labute approximate surface area is 105 Å². The van der Waals surface area contributed by atoms with E-state index < -0.39 is 11.7 Å². The van der Waals surface area contributed by atoms with E-state index in [-0.39, 0.29) is 22.5 Å². The lowest BCUT2D eigenvalue weighted by molar-refractivity contribution is -0.138. The number of nitrogens with two attached hydrogens (primary N) is 2. The first kappa shape index (κ1) is 14.7. The zero-order chi connectivity index (χ0) is 13.9. The van der Waals surface area contributed by atoms with Crippen LogP contribution in [0.25, 0.3) is 0 Å². The third kappa shape index (κ3) is 2.89. The topological polar surface area (TPSA) is 52.0 Å². The molecule has 1 aromatic carbocycles. The largest absolute Gasteiger partial charge is 0.417 e. The summed E-state index contributed by atoms with van der Waals surface area (Å²) in [6.45, 7) is 3.66. The van der Waals surface area contributed by atoms with Crippen LogP contribution < -0.4 is 11.5 Å². The van der Waals surface area contributed by atoms with Gasteiger partial charge in [-0.15, -0.1) is 0 Å². The predicted molar refractivity (Wildman–Crippen MR) is 68.3 cm³/mol. The number of nitrogen functional groups attached to an aromatic ring is 2. The summed E-state index contributed by atoms with van der Waals surface area (Å²) in [6.07, 6.45) is -2.54. The van der Waals surface area contributed by atoms with Crippen LogP contribution in [0.4, 0.5) is 24.5 Å².